The quantitative estimate of drug-likeness (QED) is 0.129. The number of thiophene rings is 1. The van der Waals surface area contributed by atoms with E-state index in [1.54, 1.807) is 50.6 Å². The molecule has 10 heteroatoms. The normalized spacial score (nSPS) is 17.3. The van der Waals surface area contributed by atoms with Crippen LogP contribution >= 0.6 is 11.3 Å². The Labute approximate surface area is 265 Å². The highest BCUT2D eigenvalue weighted by Gasteiger charge is 2.80. The molecule has 3 aromatic carbocycles. The number of fused-ring (bicyclic) bond motifs is 2. The molecule has 6 rings (SSSR count). The number of hydrogen-bond acceptors (Lipinski definition) is 3. The zero-order valence-corrected chi connectivity index (χ0v) is 26.3. The largest absolute Gasteiger partial charge is 0.497 e. The Bertz CT molecular complexity index is 2080. The lowest BCUT2D eigenvalue weighted by molar-refractivity contribution is -0.254. The van der Waals surface area contributed by atoms with Gasteiger partial charge in [0.25, 0.3) is 0 Å². The van der Waals surface area contributed by atoms with Gasteiger partial charge in [-0.3, -0.25) is 0 Å². The molecule has 1 aliphatic carbocycles. The summed E-state index contributed by atoms with van der Waals surface area (Å²) in [7, 11) is 4.53. The van der Waals surface area contributed by atoms with Crippen molar-refractivity contribution >= 4 is 55.6 Å². The van der Waals surface area contributed by atoms with E-state index in [-0.39, 0.29) is 38.2 Å². The molecule has 2 heterocycles. The zero-order valence-electron chi connectivity index (χ0n) is 25.5. The van der Waals surface area contributed by atoms with Gasteiger partial charge >= 0.3 is 17.8 Å². The molecule has 1 aliphatic rings. The molecule has 0 atom stereocenters. The van der Waals surface area contributed by atoms with Crippen LogP contribution in [0.1, 0.15) is 32.8 Å². The summed E-state index contributed by atoms with van der Waals surface area (Å²) in [5.41, 5.74) is -1.13. The van der Waals surface area contributed by atoms with Crippen LogP contribution in [-0.4, -0.2) is 36.6 Å². The smallest absolute Gasteiger partial charge is 0.380 e. The van der Waals surface area contributed by atoms with Gasteiger partial charge in [-0.25, -0.2) is 0 Å². The maximum atomic E-state index is 15.9. The second kappa shape index (κ2) is 11.1. The van der Waals surface area contributed by atoms with Gasteiger partial charge in [-0.05, 0) is 61.4 Å². The van der Waals surface area contributed by atoms with Crippen LogP contribution in [0, 0.1) is 13.8 Å². The van der Waals surface area contributed by atoms with Gasteiger partial charge in [0.05, 0.1) is 14.2 Å². The van der Waals surface area contributed by atoms with Crippen LogP contribution < -0.4 is 9.47 Å². The third-order valence-electron chi connectivity index (χ3n) is 8.56. The van der Waals surface area contributed by atoms with Crippen LogP contribution in [0.4, 0.5) is 26.3 Å². The first-order chi connectivity index (χ1) is 21.7. The van der Waals surface area contributed by atoms with Crippen molar-refractivity contribution in [2.24, 2.45) is 7.05 Å². The zero-order chi connectivity index (χ0) is 33.2. The van der Waals surface area contributed by atoms with Crippen molar-refractivity contribution < 1.29 is 35.8 Å². The monoisotopic (exact) mass is 653 g/mol. The van der Waals surface area contributed by atoms with Crippen LogP contribution in [0.25, 0.3) is 44.3 Å². The summed E-state index contributed by atoms with van der Waals surface area (Å²) in [6, 6.07) is 17.0. The van der Waals surface area contributed by atoms with Crippen molar-refractivity contribution in [1.29, 1.82) is 0 Å². The molecule has 0 saturated carbocycles. The van der Waals surface area contributed by atoms with Crippen molar-refractivity contribution in [1.82, 2.24) is 4.57 Å². The first-order valence-electron chi connectivity index (χ1n) is 14.3. The highest BCUT2D eigenvalue weighted by Crippen LogP contribution is 2.66. The van der Waals surface area contributed by atoms with Gasteiger partial charge in [0.2, 0.25) is 0 Å². The highest BCUT2D eigenvalue weighted by molar-refractivity contribution is 7.19. The third kappa shape index (κ3) is 4.64. The van der Waals surface area contributed by atoms with Crippen LogP contribution in [0.15, 0.2) is 72.8 Å². The van der Waals surface area contributed by atoms with Crippen molar-refractivity contribution in [2.45, 2.75) is 31.6 Å². The van der Waals surface area contributed by atoms with E-state index >= 15 is 26.3 Å². The van der Waals surface area contributed by atoms with E-state index in [1.807, 2.05) is 36.4 Å². The fourth-order valence-corrected chi connectivity index (χ4v) is 7.20. The highest BCUT2D eigenvalue weighted by atomic mass is 32.1. The molecule has 2 aromatic heterocycles. The summed E-state index contributed by atoms with van der Waals surface area (Å²) in [4.78, 5) is 0.228. The topological polar surface area (TPSA) is 23.4 Å². The number of methoxy groups -OCH3 is 2. The van der Waals surface area contributed by atoms with Gasteiger partial charge in [-0.15, -0.1) is 11.3 Å². The number of aromatic nitrogens is 1. The number of hydrogen-bond donors (Lipinski definition) is 0. The predicted octanol–water partition coefficient (Wildman–Crippen LogP) is 10.6. The summed E-state index contributed by atoms with van der Waals surface area (Å²) >= 11 is 1.09. The van der Waals surface area contributed by atoms with Crippen LogP contribution in [0.2, 0.25) is 0 Å². The molecule has 238 valence electrons. The molecule has 0 fully saturated rings. The van der Waals surface area contributed by atoms with E-state index in [1.165, 1.54) is 37.7 Å². The number of aryl methyl sites for hydroxylation is 2. The fraction of sp³-hybridized carbons (Fsp3) is 0.222. The molecule has 46 heavy (non-hydrogen) atoms. The van der Waals surface area contributed by atoms with Gasteiger partial charge in [0, 0.05) is 60.9 Å². The van der Waals surface area contributed by atoms with Crippen molar-refractivity contribution in [3.05, 3.63) is 106 Å². The number of halogens is 6. The molecule has 0 saturated heterocycles. The minimum Gasteiger partial charge on any atom is -0.497 e. The lowest BCUT2D eigenvalue weighted by atomic mass is 9.91. The molecular formula is C36H29F6NO2S. The van der Waals surface area contributed by atoms with Crippen LogP contribution in [0.5, 0.6) is 11.5 Å². The minimum absolute atomic E-state index is 0.118. The van der Waals surface area contributed by atoms with Gasteiger partial charge < -0.3 is 14.0 Å². The average Bonchev–Trinajstić information content (AvgIpc) is 3.51. The average molecular weight is 654 g/mol. The number of rotatable bonds is 7. The second-order valence-corrected chi connectivity index (χ2v) is 12.4. The summed E-state index contributed by atoms with van der Waals surface area (Å²) in [6.07, 6.45) is 7.33. The maximum Gasteiger partial charge on any atom is 0.380 e. The minimum atomic E-state index is -5.67. The molecule has 0 aliphatic heterocycles. The summed E-state index contributed by atoms with van der Waals surface area (Å²) in [6.45, 7) is 2.94. The molecule has 0 bridgehead atoms. The first-order valence-corrected chi connectivity index (χ1v) is 15.1. The molecule has 0 amide bonds. The Morgan fingerprint density at radius 1 is 0.674 bits per heavy atom. The Balaban J connectivity index is 1.51. The number of alkyl halides is 6. The molecule has 0 spiro atoms. The van der Waals surface area contributed by atoms with Crippen LogP contribution in [0.3, 0.4) is 0 Å². The molecule has 0 unspecified atom stereocenters. The first kappa shape index (κ1) is 31.5. The maximum absolute atomic E-state index is 15.9. The SMILES string of the molecule is COc1ccc(C=CC=Cc2ccc3c(C4=C(c5c(C)n(C)c6ccc(OC)cc56)C(F)(F)C(F)(F)C4(F)F)c(C)sc3c2)cc1. The van der Waals surface area contributed by atoms with E-state index in [4.69, 9.17) is 9.47 Å². The molecule has 3 nitrogen and oxygen atoms in total. The number of benzene rings is 3. The van der Waals surface area contributed by atoms with E-state index in [0.29, 0.717) is 10.2 Å². The van der Waals surface area contributed by atoms with Gasteiger partial charge in [0.1, 0.15) is 11.5 Å². The predicted molar refractivity (Wildman–Crippen MR) is 173 cm³/mol. The van der Waals surface area contributed by atoms with Crippen LogP contribution in [-0.2, 0) is 7.05 Å². The Morgan fingerprint density at radius 2 is 1.24 bits per heavy atom. The second-order valence-electron chi connectivity index (χ2n) is 11.2. The number of allylic oxidation sites excluding steroid dienone is 4. The summed E-state index contributed by atoms with van der Waals surface area (Å²) in [5.74, 6) is -15.0. The van der Waals surface area contributed by atoms with E-state index in [9.17, 15) is 0 Å². The van der Waals surface area contributed by atoms with Gasteiger partial charge in [-0.1, -0.05) is 48.6 Å². The third-order valence-corrected chi connectivity index (χ3v) is 9.63. The standard InChI is InChI=1S/C36H29F6NO2S/c1-20-30(27-19-25(45-5)15-17-28(27)43(20)3)32-33(35(39,40)36(41,42)34(32,37)38)31-21(2)46-29-18-23(12-16-26(29)31)9-7-6-8-22-10-13-24(44-4)14-11-22/h6-19H,1-5H3. The van der Waals surface area contributed by atoms with Gasteiger partial charge in [-0.2, -0.15) is 26.3 Å². The summed E-state index contributed by atoms with van der Waals surface area (Å²) < 4.78 is 107. The Morgan fingerprint density at radius 3 is 1.87 bits per heavy atom. The molecular weight excluding hydrogens is 624 g/mol. The van der Waals surface area contributed by atoms with E-state index < -0.39 is 28.9 Å². The van der Waals surface area contributed by atoms with Crippen molar-refractivity contribution in [3.63, 3.8) is 0 Å². The number of ether oxygens (including phenoxy) is 2. The van der Waals surface area contributed by atoms with Gasteiger partial charge in [0.15, 0.2) is 0 Å². The van der Waals surface area contributed by atoms with E-state index in [0.717, 1.165) is 28.2 Å². The van der Waals surface area contributed by atoms with Crippen molar-refractivity contribution in [3.8, 4) is 11.5 Å². The molecule has 0 radical (unpaired) electrons. The molecule has 0 N–H and O–H groups in total. The Kier molecular flexibility index (Phi) is 7.62. The number of nitrogens with zero attached hydrogens (tertiary/aromatic N) is 1. The summed E-state index contributed by atoms with van der Waals surface area (Å²) in [5, 5.41) is 0.317. The lowest BCUT2D eigenvalue weighted by Crippen LogP contribution is -2.49. The van der Waals surface area contributed by atoms with E-state index in [2.05, 4.69) is 0 Å². The lowest BCUT2D eigenvalue weighted by Gasteiger charge is -2.26. The fourth-order valence-electron chi connectivity index (χ4n) is 6.08. The molecule has 5 aromatic rings. The van der Waals surface area contributed by atoms with Crippen molar-refractivity contribution in [2.75, 3.05) is 14.2 Å². The Hall–Kier alpha value is -4.44.